The Morgan fingerprint density at radius 3 is 2.42 bits per heavy atom. The van der Waals surface area contributed by atoms with Crippen LogP contribution in [-0.2, 0) is 34.4 Å². The van der Waals surface area contributed by atoms with Gasteiger partial charge in [-0.15, -0.1) is 11.3 Å². The fourth-order valence-electron chi connectivity index (χ4n) is 9.98. The van der Waals surface area contributed by atoms with Crippen LogP contribution in [0.25, 0.3) is 32.9 Å². The van der Waals surface area contributed by atoms with Gasteiger partial charge in [0.25, 0.3) is 5.91 Å². The van der Waals surface area contributed by atoms with E-state index in [1.807, 2.05) is 60.5 Å². The van der Waals surface area contributed by atoms with Gasteiger partial charge in [0, 0.05) is 106 Å². The lowest BCUT2D eigenvalue weighted by atomic mass is 9.87. The molecule has 20 heteroatoms. The van der Waals surface area contributed by atoms with E-state index in [9.17, 15) is 24.3 Å². The van der Waals surface area contributed by atoms with Crippen molar-refractivity contribution in [3.63, 3.8) is 0 Å². The highest BCUT2D eigenvalue weighted by atomic mass is 32.1. The number of imidazole rings is 1. The Hall–Kier alpha value is -7.19. The molecule has 7 aromatic rings. The maximum Gasteiger partial charge on any atom is 0.329 e. The molecule has 8 heterocycles. The van der Waals surface area contributed by atoms with Gasteiger partial charge in [-0.1, -0.05) is 12.1 Å². The number of imide groups is 1. The second-order valence-electron chi connectivity index (χ2n) is 17.8. The number of nitrogens with zero attached hydrogens (tertiary/aromatic N) is 11. The van der Waals surface area contributed by atoms with Crippen molar-refractivity contribution in [1.82, 2.24) is 44.3 Å². The highest BCUT2D eigenvalue weighted by Gasteiger charge is 2.37. The molecule has 3 fully saturated rings. The molecule has 0 bridgehead atoms. The number of piperazine rings is 1. The fourth-order valence-corrected chi connectivity index (χ4v) is 10.5. The molecular weight excluding hydrogens is 878 g/mol. The predicted octanol–water partition coefficient (Wildman–Crippen LogP) is 5.07. The molecule has 4 aliphatic rings. The van der Waals surface area contributed by atoms with Crippen LogP contribution in [-0.4, -0.2) is 119 Å². The summed E-state index contributed by atoms with van der Waals surface area (Å²) in [6, 6.07) is 15.8. The van der Waals surface area contributed by atoms with E-state index in [0.29, 0.717) is 85.2 Å². The number of benzene rings is 3. The van der Waals surface area contributed by atoms with E-state index in [1.165, 1.54) is 27.0 Å². The molecule has 11 rings (SSSR count). The number of thiazole rings is 1. The second-order valence-corrected chi connectivity index (χ2v) is 18.7. The smallest absolute Gasteiger partial charge is 0.329 e. The number of hydrogen-bond donors (Lipinski definition) is 3. The van der Waals surface area contributed by atoms with Crippen molar-refractivity contribution < 1.29 is 28.7 Å². The quantitative estimate of drug-likeness (QED) is 0.166. The molecule has 3 aromatic carbocycles. The number of amides is 5. The Balaban J connectivity index is 0.707. The summed E-state index contributed by atoms with van der Waals surface area (Å²) in [6.45, 7) is 4.56. The van der Waals surface area contributed by atoms with Crippen molar-refractivity contribution >= 4 is 79.2 Å². The first-order chi connectivity index (χ1) is 32.5. The molecule has 5 amide bonds. The van der Waals surface area contributed by atoms with Crippen LogP contribution in [0, 0.1) is 5.82 Å². The van der Waals surface area contributed by atoms with Gasteiger partial charge >= 0.3 is 6.03 Å². The number of fused-ring (bicyclic) bond motifs is 3. The zero-order valence-electron chi connectivity index (χ0n) is 36.8. The maximum atomic E-state index is 15.9. The number of carbonyl (C=O) groups is 4. The predicted molar refractivity (Wildman–Crippen MR) is 251 cm³/mol. The lowest BCUT2D eigenvalue weighted by Crippen LogP contribution is -2.52. The van der Waals surface area contributed by atoms with Crippen molar-refractivity contribution in [3.05, 3.63) is 95.9 Å². The first kappa shape index (κ1) is 42.4. The third kappa shape index (κ3) is 8.02. The van der Waals surface area contributed by atoms with E-state index in [1.54, 1.807) is 28.8 Å². The average Bonchev–Trinajstić information content (AvgIpc) is 4.19. The summed E-state index contributed by atoms with van der Waals surface area (Å²) in [5, 5.41) is 29.6. The van der Waals surface area contributed by atoms with Gasteiger partial charge in [-0.05, 0) is 79.3 Å². The van der Waals surface area contributed by atoms with Crippen molar-refractivity contribution in [3.8, 4) is 11.1 Å². The standard InChI is InChI=1S/C47H48FN13O5S/c1-55-38-25-32(8-9-33(38)43(54-55)60-15-10-39(62)51-46(60)65)56-16-11-47(66,12-17-56)26-40(63)58-20-18-57(19-21-58)31-6-4-29(5-7-31)30-23-35(48)34-27-61(53-36(34)24-30)42(44(64)52-45-49-13-22-67-45)41-37-3-2-14-59(37)28-50-41/h4-9,13,22-25,27-28,42,66H,2-3,10-12,14-21,26H2,1H3,(H,49,52,64)(H,51,62,65). The third-order valence-corrected chi connectivity index (χ3v) is 14.4. The summed E-state index contributed by atoms with van der Waals surface area (Å²) < 4.78 is 21.2. The minimum atomic E-state index is -1.11. The van der Waals surface area contributed by atoms with Crippen molar-refractivity contribution in [2.45, 2.75) is 56.7 Å². The fraction of sp³-hybridized carbons (Fsp3) is 0.362. The van der Waals surface area contributed by atoms with Gasteiger partial charge in [0.2, 0.25) is 11.8 Å². The molecule has 0 radical (unpaired) electrons. The number of aromatic nitrogens is 7. The van der Waals surface area contributed by atoms with Gasteiger partial charge < -0.3 is 24.4 Å². The molecule has 3 saturated heterocycles. The van der Waals surface area contributed by atoms with Gasteiger partial charge in [-0.2, -0.15) is 10.2 Å². The van der Waals surface area contributed by atoms with E-state index >= 15 is 4.39 Å². The van der Waals surface area contributed by atoms with E-state index in [-0.39, 0.29) is 37.1 Å². The molecule has 4 aromatic heterocycles. The number of hydrogen-bond acceptors (Lipinski definition) is 12. The molecule has 1 atom stereocenters. The molecule has 67 heavy (non-hydrogen) atoms. The minimum Gasteiger partial charge on any atom is -0.389 e. The highest BCUT2D eigenvalue weighted by molar-refractivity contribution is 7.13. The minimum absolute atomic E-state index is 0.0570. The van der Waals surface area contributed by atoms with E-state index in [4.69, 9.17) is 5.10 Å². The Bertz CT molecular complexity index is 3060. The van der Waals surface area contributed by atoms with Crippen molar-refractivity contribution in [2.75, 3.05) is 65.8 Å². The molecule has 18 nitrogen and oxygen atoms in total. The lowest BCUT2D eigenvalue weighted by Gasteiger charge is -2.41. The highest BCUT2D eigenvalue weighted by Crippen LogP contribution is 2.36. The van der Waals surface area contributed by atoms with Gasteiger partial charge in [-0.3, -0.25) is 39.3 Å². The van der Waals surface area contributed by atoms with Crippen LogP contribution in [0.15, 0.2) is 78.7 Å². The first-order valence-electron chi connectivity index (χ1n) is 22.6. The molecule has 344 valence electrons. The SMILES string of the molecule is Cn1nc(N2CCC(=O)NC2=O)c2ccc(N3CCC(O)(CC(=O)N4CCN(c5ccc(-c6cc(F)c7cn(C(C(=O)Nc8nccs8)c8ncn9c8CCC9)nc7c6)cc5)CC4)CC3)cc21. The van der Waals surface area contributed by atoms with Gasteiger partial charge in [0.05, 0.1) is 40.5 Å². The van der Waals surface area contributed by atoms with E-state index < -0.39 is 23.5 Å². The number of urea groups is 1. The summed E-state index contributed by atoms with van der Waals surface area (Å²) >= 11 is 1.31. The summed E-state index contributed by atoms with van der Waals surface area (Å²) in [5.74, 6) is -0.651. The lowest BCUT2D eigenvalue weighted by molar-refractivity contribution is -0.137. The van der Waals surface area contributed by atoms with Gasteiger partial charge in [0.1, 0.15) is 5.82 Å². The number of aryl methyl sites for hydroxylation is 2. The summed E-state index contributed by atoms with van der Waals surface area (Å²) in [6.07, 6.45) is 7.85. The molecule has 3 N–H and O–H groups in total. The van der Waals surface area contributed by atoms with Crippen molar-refractivity contribution in [1.29, 1.82) is 0 Å². The molecule has 0 aliphatic carbocycles. The number of carbonyl (C=O) groups excluding carboxylic acids is 4. The van der Waals surface area contributed by atoms with Gasteiger partial charge in [-0.25, -0.2) is 19.2 Å². The molecule has 1 unspecified atom stereocenters. The van der Waals surface area contributed by atoms with Crippen LogP contribution in [0.1, 0.15) is 49.5 Å². The number of piperidine rings is 1. The summed E-state index contributed by atoms with van der Waals surface area (Å²) in [5.41, 5.74) is 5.14. The number of anilines is 4. The number of aliphatic hydroxyl groups is 1. The van der Waals surface area contributed by atoms with Crippen LogP contribution < -0.4 is 25.3 Å². The Morgan fingerprint density at radius 1 is 0.881 bits per heavy atom. The topological polar surface area (TPSA) is 192 Å². The molecule has 0 spiro atoms. The maximum absolute atomic E-state index is 15.9. The molecule has 4 aliphatic heterocycles. The zero-order valence-corrected chi connectivity index (χ0v) is 37.6. The van der Waals surface area contributed by atoms with Crippen LogP contribution in [0.4, 0.5) is 31.5 Å². The Labute approximate surface area is 387 Å². The number of halogens is 1. The zero-order chi connectivity index (χ0) is 46.0. The Morgan fingerprint density at radius 2 is 1.66 bits per heavy atom. The molecule has 0 saturated carbocycles. The number of nitrogens with one attached hydrogen (secondary N) is 2. The summed E-state index contributed by atoms with van der Waals surface area (Å²) in [4.78, 5) is 68.2. The van der Waals surface area contributed by atoms with E-state index in [0.717, 1.165) is 52.9 Å². The van der Waals surface area contributed by atoms with Crippen molar-refractivity contribution in [2.24, 2.45) is 7.05 Å². The second kappa shape index (κ2) is 16.9. The van der Waals surface area contributed by atoms with Gasteiger partial charge in [0.15, 0.2) is 17.0 Å². The molecular formula is C47H48FN13O5S. The third-order valence-electron chi connectivity index (χ3n) is 13.7. The number of rotatable bonds is 10. The van der Waals surface area contributed by atoms with Crippen LogP contribution in [0.3, 0.4) is 0 Å². The van der Waals surface area contributed by atoms with E-state index in [2.05, 4.69) is 40.1 Å². The van der Waals surface area contributed by atoms with Crippen LogP contribution >= 0.6 is 11.3 Å². The summed E-state index contributed by atoms with van der Waals surface area (Å²) in [7, 11) is 1.82. The Kier molecular flexibility index (Phi) is 10.7. The monoisotopic (exact) mass is 925 g/mol. The first-order valence-corrected chi connectivity index (χ1v) is 23.5. The normalized spacial score (nSPS) is 17.9. The average molecular weight is 926 g/mol. The largest absolute Gasteiger partial charge is 0.389 e. The van der Waals surface area contributed by atoms with Crippen LogP contribution in [0.2, 0.25) is 0 Å². The van der Waals surface area contributed by atoms with Crippen LogP contribution in [0.5, 0.6) is 0 Å².